The first kappa shape index (κ1) is 19.4. The van der Waals surface area contributed by atoms with Crippen molar-refractivity contribution < 1.29 is 4.79 Å². The second-order valence-corrected chi connectivity index (χ2v) is 8.44. The van der Waals surface area contributed by atoms with Crippen molar-refractivity contribution in [2.75, 3.05) is 0 Å². The summed E-state index contributed by atoms with van der Waals surface area (Å²) < 4.78 is 0. The summed E-state index contributed by atoms with van der Waals surface area (Å²) >= 11 is 12.4. The monoisotopic (exact) mass is 414 g/mol. The van der Waals surface area contributed by atoms with Crippen LogP contribution in [0.1, 0.15) is 55.6 Å². The molecule has 0 aliphatic heterocycles. The first-order chi connectivity index (χ1) is 13.6. The molecule has 0 spiro atoms. The molecule has 1 atom stereocenters. The molecule has 0 unspecified atom stereocenters. The average Bonchev–Trinajstić information content (AvgIpc) is 3.13. The minimum absolute atomic E-state index is 0.0884. The standard InChI is InChI=1S/C23H24Cl2N2O/c24-20-11-10-15(12-21(20)25)18(13-23(28)27-16-6-2-1-3-7-16)19-14-26-22-9-5-4-8-17(19)22/h4-5,8-12,14,16,18,26H,1-3,6-7,13H2,(H,27,28)/t18-/m1/s1. The van der Waals surface area contributed by atoms with Crippen molar-refractivity contribution in [3.63, 3.8) is 0 Å². The Labute approximate surface area is 175 Å². The second-order valence-electron chi connectivity index (χ2n) is 7.62. The maximum Gasteiger partial charge on any atom is 0.221 e. The Morgan fingerprint density at radius 2 is 1.86 bits per heavy atom. The SMILES string of the molecule is O=C(C[C@H](c1ccc(Cl)c(Cl)c1)c1c[nH]c2ccccc12)NC1CCCCC1. The largest absolute Gasteiger partial charge is 0.361 e. The van der Waals surface area contributed by atoms with Crippen molar-refractivity contribution >= 4 is 40.0 Å². The number of fused-ring (bicyclic) bond motifs is 1. The number of aromatic amines is 1. The zero-order chi connectivity index (χ0) is 19.5. The maximum atomic E-state index is 12.9. The quantitative estimate of drug-likeness (QED) is 0.495. The van der Waals surface area contributed by atoms with E-state index >= 15 is 0 Å². The number of benzene rings is 2. The molecule has 0 radical (unpaired) electrons. The van der Waals surface area contributed by atoms with Gasteiger partial charge in [0.1, 0.15) is 0 Å². The van der Waals surface area contributed by atoms with Crippen LogP contribution in [0.3, 0.4) is 0 Å². The van der Waals surface area contributed by atoms with E-state index in [2.05, 4.69) is 16.4 Å². The van der Waals surface area contributed by atoms with Crippen molar-refractivity contribution in [1.82, 2.24) is 10.3 Å². The molecule has 1 amide bonds. The van der Waals surface area contributed by atoms with E-state index in [0.717, 1.165) is 34.9 Å². The van der Waals surface area contributed by atoms with Crippen LogP contribution in [0.15, 0.2) is 48.7 Å². The number of aromatic nitrogens is 1. The fourth-order valence-corrected chi connectivity index (χ4v) is 4.54. The van der Waals surface area contributed by atoms with Crippen LogP contribution < -0.4 is 5.32 Å². The third-order valence-corrected chi connectivity index (χ3v) is 6.44. The predicted octanol–water partition coefficient (Wildman–Crippen LogP) is 6.45. The highest BCUT2D eigenvalue weighted by Gasteiger charge is 2.24. The highest BCUT2D eigenvalue weighted by atomic mass is 35.5. The minimum Gasteiger partial charge on any atom is -0.361 e. The average molecular weight is 415 g/mol. The smallest absolute Gasteiger partial charge is 0.221 e. The summed E-state index contributed by atoms with van der Waals surface area (Å²) in [6, 6.07) is 14.1. The Kier molecular flexibility index (Phi) is 5.93. The van der Waals surface area contributed by atoms with Gasteiger partial charge in [-0.05, 0) is 42.2 Å². The molecule has 2 N–H and O–H groups in total. The van der Waals surface area contributed by atoms with Gasteiger partial charge in [-0.3, -0.25) is 4.79 Å². The highest BCUT2D eigenvalue weighted by Crippen LogP contribution is 2.36. The van der Waals surface area contributed by atoms with Crippen LogP contribution in [0.4, 0.5) is 0 Å². The van der Waals surface area contributed by atoms with Crippen molar-refractivity contribution in [2.45, 2.75) is 50.5 Å². The summed E-state index contributed by atoms with van der Waals surface area (Å²) in [6.07, 6.45) is 8.22. The maximum absolute atomic E-state index is 12.9. The number of para-hydroxylation sites is 1. The molecule has 1 saturated carbocycles. The van der Waals surface area contributed by atoms with Gasteiger partial charge in [0.25, 0.3) is 0 Å². The summed E-state index contributed by atoms with van der Waals surface area (Å²) in [7, 11) is 0. The number of halogens is 2. The Bertz CT molecular complexity index is 976. The number of rotatable bonds is 5. The van der Waals surface area contributed by atoms with E-state index in [-0.39, 0.29) is 11.8 Å². The molecule has 3 nitrogen and oxygen atoms in total. The molecule has 146 valence electrons. The summed E-state index contributed by atoms with van der Waals surface area (Å²) in [5.74, 6) is 0.00256. The lowest BCUT2D eigenvalue weighted by Crippen LogP contribution is -2.36. The van der Waals surface area contributed by atoms with Crippen molar-refractivity contribution in [3.05, 3.63) is 69.8 Å². The Morgan fingerprint density at radius 1 is 1.07 bits per heavy atom. The number of carbonyl (C=O) groups is 1. The van der Waals surface area contributed by atoms with E-state index in [1.54, 1.807) is 6.07 Å². The Hall–Kier alpha value is -1.97. The molecular weight excluding hydrogens is 391 g/mol. The van der Waals surface area contributed by atoms with Gasteiger partial charge in [0, 0.05) is 35.5 Å². The lowest BCUT2D eigenvalue weighted by atomic mass is 9.87. The van der Waals surface area contributed by atoms with Gasteiger partial charge in [0.15, 0.2) is 0 Å². The van der Waals surface area contributed by atoms with E-state index in [1.165, 1.54) is 19.3 Å². The predicted molar refractivity (Wildman–Crippen MR) is 116 cm³/mol. The first-order valence-electron chi connectivity index (χ1n) is 9.92. The number of carbonyl (C=O) groups excluding carboxylic acids is 1. The normalized spacial score (nSPS) is 16.2. The molecule has 1 fully saturated rings. The van der Waals surface area contributed by atoms with Crippen molar-refractivity contribution in [3.8, 4) is 0 Å². The molecule has 3 aromatic rings. The van der Waals surface area contributed by atoms with Crippen LogP contribution in [-0.4, -0.2) is 16.9 Å². The number of nitrogens with one attached hydrogen (secondary N) is 2. The van der Waals surface area contributed by atoms with Gasteiger partial charge < -0.3 is 10.3 Å². The van der Waals surface area contributed by atoms with E-state index in [9.17, 15) is 4.79 Å². The molecule has 28 heavy (non-hydrogen) atoms. The fourth-order valence-electron chi connectivity index (χ4n) is 4.24. The Balaban J connectivity index is 1.65. The summed E-state index contributed by atoms with van der Waals surface area (Å²) in [5, 5.41) is 5.41. The van der Waals surface area contributed by atoms with Gasteiger partial charge in [-0.25, -0.2) is 0 Å². The summed E-state index contributed by atoms with van der Waals surface area (Å²) in [5.41, 5.74) is 3.17. The molecule has 0 saturated heterocycles. The second kappa shape index (κ2) is 8.59. The van der Waals surface area contributed by atoms with Crippen LogP contribution in [0.2, 0.25) is 10.0 Å². The van der Waals surface area contributed by atoms with Crippen molar-refractivity contribution in [1.29, 1.82) is 0 Å². The van der Waals surface area contributed by atoms with Gasteiger partial charge in [-0.15, -0.1) is 0 Å². The molecule has 1 aliphatic rings. The molecular formula is C23H24Cl2N2O. The molecule has 1 aliphatic carbocycles. The van der Waals surface area contributed by atoms with Crippen LogP contribution in [-0.2, 0) is 4.79 Å². The van der Waals surface area contributed by atoms with Crippen LogP contribution >= 0.6 is 23.2 Å². The number of amides is 1. The zero-order valence-corrected chi connectivity index (χ0v) is 17.2. The van der Waals surface area contributed by atoms with Gasteiger partial charge in [-0.2, -0.15) is 0 Å². The van der Waals surface area contributed by atoms with Crippen molar-refractivity contribution in [2.24, 2.45) is 0 Å². The highest BCUT2D eigenvalue weighted by molar-refractivity contribution is 6.42. The molecule has 1 heterocycles. The van der Waals surface area contributed by atoms with Gasteiger partial charge in [0.05, 0.1) is 10.0 Å². The van der Waals surface area contributed by atoms with E-state index in [0.29, 0.717) is 22.5 Å². The van der Waals surface area contributed by atoms with Gasteiger partial charge in [0.2, 0.25) is 5.91 Å². The lowest BCUT2D eigenvalue weighted by Gasteiger charge is -2.24. The number of hydrogen-bond donors (Lipinski definition) is 2. The fraction of sp³-hybridized carbons (Fsp3) is 0.348. The van der Waals surface area contributed by atoms with Crippen LogP contribution in [0, 0.1) is 0 Å². The first-order valence-corrected chi connectivity index (χ1v) is 10.7. The summed E-state index contributed by atoms with van der Waals surface area (Å²) in [6.45, 7) is 0. The lowest BCUT2D eigenvalue weighted by molar-refractivity contribution is -0.122. The molecule has 2 aromatic carbocycles. The molecule has 1 aromatic heterocycles. The third kappa shape index (κ3) is 4.21. The zero-order valence-electron chi connectivity index (χ0n) is 15.7. The van der Waals surface area contributed by atoms with Gasteiger partial charge in [-0.1, -0.05) is 66.7 Å². The van der Waals surface area contributed by atoms with E-state index < -0.39 is 0 Å². The van der Waals surface area contributed by atoms with Gasteiger partial charge >= 0.3 is 0 Å². The summed E-state index contributed by atoms with van der Waals surface area (Å²) in [4.78, 5) is 16.2. The van der Waals surface area contributed by atoms with Crippen LogP contribution in [0.5, 0.6) is 0 Å². The molecule has 0 bridgehead atoms. The number of H-pyrrole nitrogens is 1. The minimum atomic E-state index is -0.0884. The van der Waals surface area contributed by atoms with E-state index in [4.69, 9.17) is 23.2 Å². The third-order valence-electron chi connectivity index (χ3n) is 5.70. The molecule has 4 rings (SSSR count). The Morgan fingerprint density at radius 3 is 2.64 bits per heavy atom. The van der Waals surface area contributed by atoms with E-state index in [1.807, 2.05) is 36.5 Å². The van der Waals surface area contributed by atoms with Crippen LogP contribution in [0.25, 0.3) is 10.9 Å². The molecule has 5 heteroatoms. The number of hydrogen-bond acceptors (Lipinski definition) is 1. The topological polar surface area (TPSA) is 44.9 Å².